The molecule has 2 heterocycles. The predicted molar refractivity (Wildman–Crippen MR) is 82.8 cm³/mol. The van der Waals surface area contributed by atoms with E-state index in [-0.39, 0.29) is 30.5 Å². The molecule has 0 saturated carbocycles. The Labute approximate surface area is 131 Å². The van der Waals surface area contributed by atoms with Crippen LogP contribution in [0.1, 0.15) is 31.5 Å². The second-order valence-corrected chi connectivity index (χ2v) is 5.53. The van der Waals surface area contributed by atoms with Crippen molar-refractivity contribution in [2.45, 2.75) is 32.9 Å². The van der Waals surface area contributed by atoms with Gasteiger partial charge in [0.1, 0.15) is 6.54 Å². The van der Waals surface area contributed by atoms with Gasteiger partial charge in [-0.3, -0.25) is 14.7 Å². The Bertz CT molecular complexity index is 890. The molecule has 3 aromatic rings. The van der Waals surface area contributed by atoms with Crippen molar-refractivity contribution in [2.24, 2.45) is 0 Å². The summed E-state index contributed by atoms with van der Waals surface area (Å²) in [6.45, 7) is 3.95. The molecule has 120 valence electrons. The summed E-state index contributed by atoms with van der Waals surface area (Å²) >= 11 is 0. The lowest BCUT2D eigenvalue weighted by Crippen LogP contribution is -2.31. The lowest BCUT2D eigenvalue weighted by atomic mass is 10.2. The van der Waals surface area contributed by atoms with Crippen molar-refractivity contribution in [3.8, 4) is 0 Å². The minimum absolute atomic E-state index is 0.0948. The zero-order chi connectivity index (χ0) is 16.4. The fourth-order valence-electron chi connectivity index (χ4n) is 2.17. The van der Waals surface area contributed by atoms with Gasteiger partial charge in [0.2, 0.25) is 11.8 Å². The van der Waals surface area contributed by atoms with Crippen LogP contribution < -0.4 is 10.9 Å². The van der Waals surface area contributed by atoms with Crippen LogP contribution in [0.2, 0.25) is 0 Å². The van der Waals surface area contributed by atoms with Crippen molar-refractivity contribution in [3.05, 3.63) is 46.3 Å². The first kappa shape index (κ1) is 15.0. The first-order chi connectivity index (χ1) is 11.0. The standard InChI is InChI=1S/C15H17N5O3/c1-9(2)14-17-12(19-23-14)7-16-13(21)8-20-15(22)10-5-3-4-6-11(10)18-20/h3-6,9,18H,7-8H2,1-2H3,(H,16,21). The molecule has 23 heavy (non-hydrogen) atoms. The summed E-state index contributed by atoms with van der Waals surface area (Å²) in [5.74, 6) is 0.763. The maximum atomic E-state index is 12.1. The van der Waals surface area contributed by atoms with Gasteiger partial charge in [-0.05, 0) is 12.1 Å². The second kappa shape index (κ2) is 6.07. The smallest absolute Gasteiger partial charge is 0.274 e. The highest BCUT2D eigenvalue weighted by molar-refractivity contribution is 5.79. The Balaban J connectivity index is 1.64. The van der Waals surface area contributed by atoms with Crippen LogP contribution in [-0.4, -0.2) is 25.8 Å². The second-order valence-electron chi connectivity index (χ2n) is 5.53. The number of hydrogen-bond acceptors (Lipinski definition) is 5. The van der Waals surface area contributed by atoms with E-state index >= 15 is 0 Å². The van der Waals surface area contributed by atoms with E-state index in [1.165, 1.54) is 4.68 Å². The number of fused-ring (bicyclic) bond motifs is 1. The molecule has 8 nitrogen and oxygen atoms in total. The lowest BCUT2D eigenvalue weighted by Gasteiger charge is -2.02. The largest absolute Gasteiger partial charge is 0.347 e. The van der Waals surface area contributed by atoms with Gasteiger partial charge >= 0.3 is 0 Å². The summed E-state index contributed by atoms with van der Waals surface area (Å²) in [5.41, 5.74) is 0.474. The molecule has 0 fully saturated rings. The zero-order valence-electron chi connectivity index (χ0n) is 12.9. The molecule has 0 atom stereocenters. The maximum Gasteiger partial charge on any atom is 0.274 e. The van der Waals surface area contributed by atoms with Gasteiger partial charge in [-0.2, -0.15) is 4.98 Å². The van der Waals surface area contributed by atoms with Crippen molar-refractivity contribution in [1.29, 1.82) is 0 Å². The number of carbonyl (C=O) groups excluding carboxylic acids is 1. The molecule has 1 amide bonds. The summed E-state index contributed by atoms with van der Waals surface area (Å²) in [5, 5.41) is 9.92. The fraction of sp³-hybridized carbons (Fsp3) is 0.333. The topological polar surface area (TPSA) is 106 Å². The van der Waals surface area contributed by atoms with Crippen LogP contribution in [0.25, 0.3) is 10.9 Å². The molecule has 2 aromatic heterocycles. The number of amides is 1. The molecule has 0 aliphatic carbocycles. The van der Waals surface area contributed by atoms with Crippen LogP contribution in [-0.2, 0) is 17.9 Å². The molecular weight excluding hydrogens is 298 g/mol. The fourth-order valence-corrected chi connectivity index (χ4v) is 2.17. The summed E-state index contributed by atoms with van der Waals surface area (Å²) in [7, 11) is 0. The number of aromatic nitrogens is 4. The van der Waals surface area contributed by atoms with Gasteiger partial charge < -0.3 is 9.84 Å². The van der Waals surface area contributed by atoms with Gasteiger partial charge in [0, 0.05) is 5.92 Å². The van der Waals surface area contributed by atoms with Gasteiger partial charge in [0.25, 0.3) is 5.56 Å². The summed E-state index contributed by atoms with van der Waals surface area (Å²) in [4.78, 5) is 28.3. The minimum atomic E-state index is -0.311. The van der Waals surface area contributed by atoms with Crippen molar-refractivity contribution >= 4 is 16.8 Å². The molecule has 3 rings (SSSR count). The van der Waals surface area contributed by atoms with E-state index in [1.54, 1.807) is 18.2 Å². The van der Waals surface area contributed by atoms with Crippen LogP contribution in [0.3, 0.4) is 0 Å². The van der Waals surface area contributed by atoms with Crippen molar-refractivity contribution in [3.63, 3.8) is 0 Å². The number of rotatable bonds is 5. The molecular formula is C15H17N5O3. The van der Waals surface area contributed by atoms with Crippen LogP contribution >= 0.6 is 0 Å². The predicted octanol–water partition coefficient (Wildman–Crippen LogP) is 1.15. The SMILES string of the molecule is CC(C)c1nc(CNC(=O)Cn2[nH]c3ccccc3c2=O)no1. The number of para-hydroxylation sites is 1. The van der Waals surface area contributed by atoms with Gasteiger partial charge in [0.05, 0.1) is 17.4 Å². The Morgan fingerprint density at radius 2 is 2.17 bits per heavy atom. The molecule has 0 unspecified atom stereocenters. The molecule has 0 spiro atoms. The van der Waals surface area contributed by atoms with Gasteiger partial charge in [-0.1, -0.05) is 31.1 Å². The molecule has 0 bridgehead atoms. The van der Waals surface area contributed by atoms with E-state index in [0.717, 1.165) is 0 Å². The van der Waals surface area contributed by atoms with E-state index in [1.807, 2.05) is 19.9 Å². The number of carbonyl (C=O) groups is 1. The molecule has 8 heteroatoms. The molecule has 0 aliphatic heterocycles. The molecule has 0 saturated heterocycles. The van der Waals surface area contributed by atoms with Crippen LogP contribution in [0, 0.1) is 0 Å². The van der Waals surface area contributed by atoms with Crippen molar-refractivity contribution in [2.75, 3.05) is 0 Å². The maximum absolute atomic E-state index is 12.1. The first-order valence-electron chi connectivity index (χ1n) is 7.31. The molecule has 0 aliphatic rings. The quantitative estimate of drug-likeness (QED) is 0.734. The Kier molecular flexibility index (Phi) is 3.96. The van der Waals surface area contributed by atoms with E-state index in [0.29, 0.717) is 22.6 Å². The molecule has 2 N–H and O–H groups in total. The van der Waals surface area contributed by atoms with E-state index in [9.17, 15) is 9.59 Å². The normalized spacial score (nSPS) is 11.3. The number of nitrogens with one attached hydrogen (secondary N) is 2. The number of nitrogens with zero attached hydrogens (tertiary/aromatic N) is 3. The first-order valence-corrected chi connectivity index (χ1v) is 7.31. The highest BCUT2D eigenvalue weighted by Crippen LogP contribution is 2.10. The summed E-state index contributed by atoms with van der Waals surface area (Å²) in [6.07, 6.45) is 0. The van der Waals surface area contributed by atoms with Crippen molar-refractivity contribution in [1.82, 2.24) is 25.2 Å². The van der Waals surface area contributed by atoms with E-state index in [4.69, 9.17) is 4.52 Å². The average Bonchev–Trinajstić information content (AvgIpc) is 3.12. The average molecular weight is 315 g/mol. The lowest BCUT2D eigenvalue weighted by molar-refractivity contribution is -0.122. The number of benzene rings is 1. The Hall–Kier alpha value is -2.90. The highest BCUT2D eigenvalue weighted by Gasteiger charge is 2.12. The van der Waals surface area contributed by atoms with E-state index in [2.05, 4.69) is 20.6 Å². The zero-order valence-corrected chi connectivity index (χ0v) is 12.9. The van der Waals surface area contributed by atoms with Gasteiger partial charge in [0.15, 0.2) is 5.82 Å². The molecule has 0 radical (unpaired) electrons. The molecule has 1 aromatic carbocycles. The number of H-pyrrole nitrogens is 1. The van der Waals surface area contributed by atoms with Crippen LogP contribution in [0.4, 0.5) is 0 Å². The number of hydrogen-bond donors (Lipinski definition) is 2. The Morgan fingerprint density at radius 1 is 1.39 bits per heavy atom. The summed E-state index contributed by atoms with van der Waals surface area (Å²) in [6, 6.07) is 7.11. The monoisotopic (exact) mass is 315 g/mol. The Morgan fingerprint density at radius 3 is 2.87 bits per heavy atom. The minimum Gasteiger partial charge on any atom is -0.347 e. The van der Waals surface area contributed by atoms with Gasteiger partial charge in [-0.25, -0.2) is 4.68 Å². The number of aromatic amines is 1. The third-order valence-electron chi connectivity index (χ3n) is 3.38. The van der Waals surface area contributed by atoms with Crippen LogP contribution in [0.15, 0.2) is 33.6 Å². The summed E-state index contributed by atoms with van der Waals surface area (Å²) < 4.78 is 6.34. The third kappa shape index (κ3) is 3.15. The van der Waals surface area contributed by atoms with Crippen LogP contribution in [0.5, 0.6) is 0 Å². The van der Waals surface area contributed by atoms with Gasteiger partial charge in [-0.15, -0.1) is 0 Å². The van der Waals surface area contributed by atoms with Crippen molar-refractivity contribution < 1.29 is 9.32 Å². The van der Waals surface area contributed by atoms with E-state index < -0.39 is 0 Å². The third-order valence-corrected chi connectivity index (χ3v) is 3.38. The highest BCUT2D eigenvalue weighted by atomic mass is 16.5.